The van der Waals surface area contributed by atoms with E-state index >= 15 is 0 Å². The van der Waals surface area contributed by atoms with Crippen molar-refractivity contribution < 1.29 is 9.90 Å². The van der Waals surface area contributed by atoms with Gasteiger partial charge in [-0.25, -0.2) is 4.79 Å². The second kappa shape index (κ2) is 6.99. The van der Waals surface area contributed by atoms with Gasteiger partial charge >= 0.3 is 6.09 Å². The highest BCUT2D eigenvalue weighted by Gasteiger charge is 2.37. The van der Waals surface area contributed by atoms with E-state index in [1.165, 1.54) is 38.6 Å². The zero-order chi connectivity index (χ0) is 15.5. The fourth-order valence-electron chi connectivity index (χ4n) is 4.14. The maximum Gasteiger partial charge on any atom is 0.404 e. The Morgan fingerprint density at radius 3 is 2.43 bits per heavy atom. The monoisotopic (exact) mass is 296 g/mol. The molecule has 1 aliphatic carbocycles. The Balaban J connectivity index is 1.97. The number of hydrogen-bond acceptors (Lipinski definition) is 2. The number of amides is 1. The van der Waals surface area contributed by atoms with Crippen molar-refractivity contribution in [1.29, 1.82) is 0 Å². The van der Waals surface area contributed by atoms with Crippen LogP contribution in [0.1, 0.15) is 65.7 Å². The molecule has 1 aliphatic heterocycles. The van der Waals surface area contributed by atoms with Crippen molar-refractivity contribution in [3.05, 3.63) is 0 Å². The number of piperidine rings is 1. The lowest BCUT2D eigenvalue weighted by molar-refractivity contribution is 0.0321. The molecule has 1 heterocycles. The molecule has 2 N–H and O–H groups in total. The van der Waals surface area contributed by atoms with Crippen LogP contribution in [0, 0.1) is 11.3 Å². The van der Waals surface area contributed by atoms with Crippen LogP contribution in [0.2, 0.25) is 0 Å². The zero-order valence-electron chi connectivity index (χ0n) is 13.9. The first-order chi connectivity index (χ1) is 9.86. The van der Waals surface area contributed by atoms with Gasteiger partial charge in [0.15, 0.2) is 0 Å². The van der Waals surface area contributed by atoms with E-state index in [0.717, 1.165) is 25.3 Å². The van der Waals surface area contributed by atoms with Crippen LogP contribution in [-0.4, -0.2) is 41.3 Å². The largest absolute Gasteiger partial charge is 0.465 e. The van der Waals surface area contributed by atoms with Crippen LogP contribution in [0.15, 0.2) is 0 Å². The van der Waals surface area contributed by atoms with Crippen molar-refractivity contribution in [3.63, 3.8) is 0 Å². The summed E-state index contributed by atoms with van der Waals surface area (Å²) in [6.07, 6.45) is 7.96. The van der Waals surface area contributed by atoms with Crippen LogP contribution in [0.4, 0.5) is 4.79 Å². The highest BCUT2D eigenvalue weighted by molar-refractivity contribution is 5.64. The fraction of sp³-hybridized carbons (Fsp3) is 0.941. The quantitative estimate of drug-likeness (QED) is 0.834. The lowest BCUT2D eigenvalue weighted by Crippen LogP contribution is -2.55. The Bertz CT molecular complexity index is 345. The molecule has 4 nitrogen and oxygen atoms in total. The molecule has 0 aromatic heterocycles. The molecule has 1 saturated carbocycles. The molecule has 0 radical (unpaired) electrons. The van der Waals surface area contributed by atoms with Crippen LogP contribution < -0.4 is 5.32 Å². The molecule has 1 saturated heterocycles. The Hall–Kier alpha value is -0.770. The number of carboxylic acid groups (broad SMARTS) is 1. The van der Waals surface area contributed by atoms with Gasteiger partial charge in [0, 0.05) is 25.2 Å². The second-order valence-electron chi connectivity index (χ2n) is 8.05. The molecule has 0 aromatic rings. The van der Waals surface area contributed by atoms with Crippen molar-refractivity contribution in [2.45, 2.75) is 77.8 Å². The average Bonchev–Trinajstić information content (AvgIpc) is 2.40. The maximum atomic E-state index is 10.9. The fourth-order valence-corrected chi connectivity index (χ4v) is 4.14. The molecule has 122 valence electrons. The molecule has 0 aromatic carbocycles. The van der Waals surface area contributed by atoms with Gasteiger partial charge < -0.3 is 10.4 Å². The van der Waals surface area contributed by atoms with E-state index in [1.54, 1.807) is 0 Å². The van der Waals surface area contributed by atoms with Gasteiger partial charge in [0.25, 0.3) is 0 Å². The minimum absolute atomic E-state index is 0.120. The van der Waals surface area contributed by atoms with Crippen LogP contribution >= 0.6 is 0 Å². The second-order valence-corrected chi connectivity index (χ2v) is 8.05. The van der Waals surface area contributed by atoms with Gasteiger partial charge in [-0.2, -0.15) is 0 Å². The summed E-state index contributed by atoms with van der Waals surface area (Å²) in [4.78, 5) is 13.5. The predicted molar refractivity (Wildman–Crippen MR) is 85.6 cm³/mol. The minimum atomic E-state index is -0.881. The first kappa shape index (κ1) is 16.6. The van der Waals surface area contributed by atoms with Crippen LogP contribution in [0.3, 0.4) is 0 Å². The van der Waals surface area contributed by atoms with Gasteiger partial charge in [-0.15, -0.1) is 0 Å². The molecule has 2 rings (SSSR count). The number of hydrogen-bond donors (Lipinski definition) is 2. The van der Waals surface area contributed by atoms with Crippen molar-refractivity contribution >= 4 is 6.09 Å². The van der Waals surface area contributed by atoms with E-state index in [1.807, 2.05) is 0 Å². The number of nitrogens with zero attached hydrogens (tertiary/aromatic N) is 1. The van der Waals surface area contributed by atoms with Gasteiger partial charge in [-0.3, -0.25) is 4.90 Å². The van der Waals surface area contributed by atoms with Crippen molar-refractivity contribution in [2.24, 2.45) is 11.3 Å². The van der Waals surface area contributed by atoms with Crippen LogP contribution in [-0.2, 0) is 0 Å². The van der Waals surface area contributed by atoms with Gasteiger partial charge in [0.1, 0.15) is 0 Å². The molecule has 0 bridgehead atoms. The lowest BCUT2D eigenvalue weighted by Gasteiger charge is -2.47. The topological polar surface area (TPSA) is 52.6 Å². The first-order valence-corrected chi connectivity index (χ1v) is 8.60. The van der Waals surface area contributed by atoms with E-state index in [-0.39, 0.29) is 11.5 Å². The molecule has 1 amide bonds. The predicted octanol–water partition coefficient (Wildman–Crippen LogP) is 3.71. The molecular weight excluding hydrogens is 264 g/mol. The summed E-state index contributed by atoms with van der Waals surface area (Å²) in [5, 5.41) is 11.7. The number of likely N-dealkylation sites (tertiary alicyclic amines) is 1. The molecule has 2 unspecified atom stereocenters. The van der Waals surface area contributed by atoms with Gasteiger partial charge in [0.2, 0.25) is 0 Å². The molecule has 2 fully saturated rings. The molecule has 0 spiro atoms. The molecule has 2 aliphatic rings. The Morgan fingerprint density at radius 2 is 1.86 bits per heavy atom. The Labute approximate surface area is 129 Å². The average molecular weight is 296 g/mol. The molecule has 2 atom stereocenters. The number of nitrogens with one attached hydrogen (secondary N) is 1. The summed E-state index contributed by atoms with van der Waals surface area (Å²) in [7, 11) is 0. The standard InChI is InChI=1S/C17H32N2O2/c1-17(2,3)15-11-14(18-16(20)21)9-10-19(15)12-13-7-5-4-6-8-13/h13-15,18H,4-12H2,1-3H3,(H,20,21). The summed E-state index contributed by atoms with van der Waals surface area (Å²) in [5.74, 6) is 0.854. The third-order valence-corrected chi connectivity index (χ3v) is 5.26. The molecule has 4 heteroatoms. The van der Waals surface area contributed by atoms with E-state index in [2.05, 4.69) is 31.0 Å². The van der Waals surface area contributed by atoms with Crippen LogP contribution in [0.5, 0.6) is 0 Å². The van der Waals surface area contributed by atoms with Crippen molar-refractivity contribution in [2.75, 3.05) is 13.1 Å². The summed E-state index contributed by atoms with van der Waals surface area (Å²) in [6.45, 7) is 9.10. The summed E-state index contributed by atoms with van der Waals surface area (Å²) in [6, 6.07) is 0.597. The number of carbonyl (C=O) groups is 1. The van der Waals surface area contributed by atoms with E-state index in [4.69, 9.17) is 5.11 Å². The van der Waals surface area contributed by atoms with E-state index in [0.29, 0.717) is 6.04 Å². The van der Waals surface area contributed by atoms with E-state index in [9.17, 15) is 4.79 Å². The maximum absolute atomic E-state index is 10.9. The lowest BCUT2D eigenvalue weighted by atomic mass is 9.78. The van der Waals surface area contributed by atoms with Crippen LogP contribution in [0.25, 0.3) is 0 Å². The highest BCUT2D eigenvalue weighted by atomic mass is 16.4. The smallest absolute Gasteiger partial charge is 0.404 e. The third-order valence-electron chi connectivity index (χ3n) is 5.26. The minimum Gasteiger partial charge on any atom is -0.465 e. The van der Waals surface area contributed by atoms with Crippen molar-refractivity contribution in [3.8, 4) is 0 Å². The van der Waals surface area contributed by atoms with Crippen molar-refractivity contribution in [1.82, 2.24) is 10.2 Å². The summed E-state index contributed by atoms with van der Waals surface area (Å²) in [5.41, 5.74) is 0.202. The number of rotatable bonds is 3. The SMILES string of the molecule is CC(C)(C)C1CC(NC(=O)O)CCN1CC1CCCCC1. The Morgan fingerprint density at radius 1 is 1.19 bits per heavy atom. The third kappa shape index (κ3) is 4.87. The Kier molecular flexibility index (Phi) is 5.53. The van der Waals surface area contributed by atoms with Gasteiger partial charge in [-0.1, -0.05) is 40.0 Å². The molecular formula is C17H32N2O2. The highest BCUT2D eigenvalue weighted by Crippen LogP contribution is 2.34. The van der Waals surface area contributed by atoms with Gasteiger partial charge in [0.05, 0.1) is 0 Å². The summed E-state index contributed by atoms with van der Waals surface area (Å²) >= 11 is 0. The molecule has 21 heavy (non-hydrogen) atoms. The summed E-state index contributed by atoms with van der Waals surface area (Å²) < 4.78 is 0. The normalized spacial score (nSPS) is 29.3. The van der Waals surface area contributed by atoms with Gasteiger partial charge in [-0.05, 0) is 37.0 Å². The van der Waals surface area contributed by atoms with E-state index < -0.39 is 6.09 Å². The zero-order valence-corrected chi connectivity index (χ0v) is 13.9. The first-order valence-electron chi connectivity index (χ1n) is 8.60.